The molecule has 0 saturated carbocycles. The van der Waals surface area contributed by atoms with Crippen molar-refractivity contribution < 1.29 is 19.1 Å². The normalized spacial score (nSPS) is 19.4. The second-order valence-electron chi connectivity index (χ2n) is 6.70. The summed E-state index contributed by atoms with van der Waals surface area (Å²) in [5, 5.41) is 0. The lowest BCUT2D eigenvalue weighted by molar-refractivity contribution is -0.151. The van der Waals surface area contributed by atoms with E-state index in [1.165, 1.54) is 0 Å². The van der Waals surface area contributed by atoms with Crippen LogP contribution >= 0.6 is 0 Å². The van der Waals surface area contributed by atoms with Gasteiger partial charge >= 0.3 is 5.97 Å². The van der Waals surface area contributed by atoms with Crippen LogP contribution in [0.15, 0.2) is 54.6 Å². The zero-order chi connectivity index (χ0) is 19.4. The third kappa shape index (κ3) is 3.95. The van der Waals surface area contributed by atoms with Gasteiger partial charge in [0.05, 0.1) is 13.7 Å². The van der Waals surface area contributed by atoms with E-state index in [-0.39, 0.29) is 18.3 Å². The highest BCUT2D eigenvalue weighted by Gasteiger charge is 2.40. The Morgan fingerprint density at radius 3 is 2.63 bits per heavy atom. The lowest BCUT2D eigenvalue weighted by Gasteiger charge is -2.30. The third-order valence-electron chi connectivity index (χ3n) is 5.02. The molecule has 2 aromatic rings. The Morgan fingerprint density at radius 2 is 1.93 bits per heavy atom. The number of rotatable bonds is 5. The van der Waals surface area contributed by atoms with Crippen molar-refractivity contribution in [2.75, 3.05) is 13.7 Å². The smallest absolute Gasteiger partial charge is 0.317 e. The van der Waals surface area contributed by atoms with Gasteiger partial charge in [0.2, 0.25) is 0 Å². The fourth-order valence-electron chi connectivity index (χ4n) is 3.69. The summed E-state index contributed by atoms with van der Waals surface area (Å²) in [5.74, 6) is -1.08. The largest absolute Gasteiger partial charge is 0.497 e. The summed E-state index contributed by atoms with van der Waals surface area (Å²) in [6.07, 6.45) is 2.20. The van der Waals surface area contributed by atoms with Crippen LogP contribution in [0, 0.1) is 12.8 Å². The minimum atomic E-state index is -0.829. The molecule has 1 aliphatic carbocycles. The number of carbonyl (C=O) groups is 2. The molecule has 1 aliphatic rings. The molecule has 0 N–H and O–H groups in total. The molecule has 140 valence electrons. The lowest BCUT2D eigenvalue weighted by atomic mass is 9.73. The highest BCUT2D eigenvalue weighted by Crippen LogP contribution is 2.41. The standard InChI is InChI=1S/C23H24O4/c1-4-27-23(25)22-20(16-9-7-10-18(12-16)26-3)13-17(14-21(22)24)19-11-6-5-8-15(19)2/h5-12,14,20,22H,4,13H2,1-3H3/t20-,22-/m1/s1. The quantitative estimate of drug-likeness (QED) is 0.586. The summed E-state index contributed by atoms with van der Waals surface area (Å²) < 4.78 is 10.5. The first kappa shape index (κ1) is 18.9. The number of hydrogen-bond acceptors (Lipinski definition) is 4. The van der Waals surface area contributed by atoms with E-state index in [0.717, 1.165) is 22.3 Å². The third-order valence-corrected chi connectivity index (χ3v) is 5.02. The van der Waals surface area contributed by atoms with Crippen molar-refractivity contribution in [1.82, 2.24) is 0 Å². The van der Waals surface area contributed by atoms with Gasteiger partial charge in [-0.25, -0.2) is 0 Å². The van der Waals surface area contributed by atoms with Crippen LogP contribution in [-0.2, 0) is 14.3 Å². The Kier molecular flexibility index (Phi) is 5.75. The molecule has 0 bridgehead atoms. The molecule has 0 unspecified atom stereocenters. The molecule has 0 amide bonds. The van der Waals surface area contributed by atoms with Gasteiger partial charge in [-0.05, 0) is 60.7 Å². The molecule has 2 atom stereocenters. The van der Waals surface area contributed by atoms with Gasteiger partial charge in [0.15, 0.2) is 5.78 Å². The molecule has 0 spiro atoms. The first-order chi connectivity index (χ1) is 13.0. The van der Waals surface area contributed by atoms with Gasteiger partial charge in [0.1, 0.15) is 11.7 Å². The van der Waals surface area contributed by atoms with E-state index >= 15 is 0 Å². The van der Waals surface area contributed by atoms with Crippen LogP contribution in [-0.4, -0.2) is 25.5 Å². The van der Waals surface area contributed by atoms with Crippen molar-refractivity contribution in [1.29, 1.82) is 0 Å². The minimum Gasteiger partial charge on any atom is -0.497 e. The number of benzene rings is 2. The predicted molar refractivity (Wildman–Crippen MR) is 105 cm³/mol. The second kappa shape index (κ2) is 8.21. The fourth-order valence-corrected chi connectivity index (χ4v) is 3.69. The zero-order valence-corrected chi connectivity index (χ0v) is 15.9. The average Bonchev–Trinajstić information content (AvgIpc) is 2.68. The average molecular weight is 364 g/mol. The van der Waals surface area contributed by atoms with Crippen LogP contribution < -0.4 is 4.74 Å². The van der Waals surface area contributed by atoms with E-state index in [1.807, 2.05) is 55.5 Å². The molecule has 0 radical (unpaired) electrons. The van der Waals surface area contributed by atoms with Gasteiger partial charge in [-0.2, -0.15) is 0 Å². The molecule has 27 heavy (non-hydrogen) atoms. The predicted octanol–water partition coefficient (Wildman–Crippen LogP) is 4.32. The number of allylic oxidation sites excluding steroid dienone is 2. The summed E-state index contributed by atoms with van der Waals surface area (Å²) in [7, 11) is 1.60. The molecular weight excluding hydrogens is 340 g/mol. The minimum absolute atomic E-state index is 0.203. The maximum absolute atomic E-state index is 12.9. The van der Waals surface area contributed by atoms with Crippen molar-refractivity contribution in [2.24, 2.45) is 5.92 Å². The Hall–Kier alpha value is -2.88. The van der Waals surface area contributed by atoms with Gasteiger partial charge in [-0.15, -0.1) is 0 Å². The molecule has 0 saturated heterocycles. The molecule has 0 heterocycles. The van der Waals surface area contributed by atoms with E-state index < -0.39 is 11.9 Å². The molecule has 0 aliphatic heterocycles. The summed E-state index contributed by atoms with van der Waals surface area (Å²) in [6.45, 7) is 4.03. The number of ketones is 1. The van der Waals surface area contributed by atoms with E-state index in [9.17, 15) is 9.59 Å². The summed E-state index contributed by atoms with van der Waals surface area (Å²) in [6, 6.07) is 15.5. The molecule has 3 rings (SSSR count). The molecule has 0 aromatic heterocycles. The van der Waals surface area contributed by atoms with Gasteiger partial charge in [0.25, 0.3) is 0 Å². The highest BCUT2D eigenvalue weighted by atomic mass is 16.5. The Bertz CT molecular complexity index is 881. The van der Waals surface area contributed by atoms with Crippen molar-refractivity contribution in [3.63, 3.8) is 0 Å². The van der Waals surface area contributed by atoms with Crippen LogP contribution in [0.3, 0.4) is 0 Å². The number of hydrogen-bond donors (Lipinski definition) is 0. The number of methoxy groups -OCH3 is 1. The van der Waals surface area contributed by atoms with Gasteiger partial charge in [-0.1, -0.05) is 36.4 Å². The first-order valence-corrected chi connectivity index (χ1v) is 9.16. The zero-order valence-electron chi connectivity index (χ0n) is 15.9. The van der Waals surface area contributed by atoms with Crippen molar-refractivity contribution in [2.45, 2.75) is 26.2 Å². The van der Waals surface area contributed by atoms with Gasteiger partial charge in [0, 0.05) is 5.92 Å². The van der Waals surface area contributed by atoms with Crippen LogP contribution in [0.4, 0.5) is 0 Å². The Labute approximate surface area is 159 Å². The summed E-state index contributed by atoms with van der Waals surface area (Å²) in [4.78, 5) is 25.5. The first-order valence-electron chi connectivity index (χ1n) is 9.16. The summed E-state index contributed by atoms with van der Waals surface area (Å²) >= 11 is 0. The number of aryl methyl sites for hydroxylation is 1. The Balaban J connectivity index is 2.06. The van der Waals surface area contributed by atoms with Crippen molar-refractivity contribution in [3.8, 4) is 5.75 Å². The maximum Gasteiger partial charge on any atom is 0.317 e. The van der Waals surface area contributed by atoms with E-state index in [0.29, 0.717) is 12.2 Å². The molecule has 4 heteroatoms. The Morgan fingerprint density at radius 1 is 1.15 bits per heavy atom. The highest BCUT2D eigenvalue weighted by molar-refractivity contribution is 6.10. The van der Waals surface area contributed by atoms with Crippen LogP contribution in [0.5, 0.6) is 5.75 Å². The monoisotopic (exact) mass is 364 g/mol. The van der Waals surface area contributed by atoms with E-state index in [1.54, 1.807) is 20.1 Å². The summed E-state index contributed by atoms with van der Waals surface area (Å²) in [5.41, 5.74) is 4.00. The van der Waals surface area contributed by atoms with E-state index in [4.69, 9.17) is 9.47 Å². The number of ether oxygens (including phenoxy) is 2. The maximum atomic E-state index is 12.9. The van der Waals surface area contributed by atoms with Crippen molar-refractivity contribution >= 4 is 17.3 Å². The van der Waals surface area contributed by atoms with Crippen molar-refractivity contribution in [3.05, 3.63) is 71.3 Å². The van der Waals surface area contributed by atoms with Gasteiger partial charge in [-0.3, -0.25) is 9.59 Å². The molecule has 2 aromatic carbocycles. The fraction of sp³-hybridized carbons (Fsp3) is 0.304. The lowest BCUT2D eigenvalue weighted by Crippen LogP contribution is -2.34. The van der Waals surface area contributed by atoms with Crippen LogP contribution in [0.25, 0.3) is 5.57 Å². The number of esters is 1. The topological polar surface area (TPSA) is 52.6 Å². The van der Waals surface area contributed by atoms with E-state index in [2.05, 4.69) is 0 Å². The van der Waals surface area contributed by atoms with Crippen LogP contribution in [0.1, 0.15) is 36.0 Å². The molecule has 4 nitrogen and oxygen atoms in total. The van der Waals surface area contributed by atoms with Crippen LogP contribution in [0.2, 0.25) is 0 Å². The second-order valence-corrected chi connectivity index (χ2v) is 6.70. The number of carbonyl (C=O) groups excluding carboxylic acids is 2. The van der Waals surface area contributed by atoms with Gasteiger partial charge < -0.3 is 9.47 Å². The molecule has 0 fully saturated rings. The molecular formula is C23H24O4. The SMILES string of the molecule is CCOC(=O)[C@H]1C(=O)C=C(c2ccccc2C)C[C@@H]1c1cccc(OC)c1.